The van der Waals surface area contributed by atoms with Crippen molar-refractivity contribution >= 4 is 11.3 Å². The first kappa shape index (κ1) is 12.9. The van der Waals surface area contributed by atoms with Crippen molar-refractivity contribution in [1.29, 1.82) is 5.26 Å². The molecule has 0 unspecified atom stereocenters. The van der Waals surface area contributed by atoms with Gasteiger partial charge in [-0.3, -0.25) is 0 Å². The summed E-state index contributed by atoms with van der Waals surface area (Å²) in [6.07, 6.45) is 3.61. The minimum atomic E-state index is 0.777. The van der Waals surface area contributed by atoms with E-state index in [-0.39, 0.29) is 0 Å². The minimum absolute atomic E-state index is 0.777. The number of nitriles is 1. The monoisotopic (exact) mass is 255 g/mol. The Balaban J connectivity index is 2.37. The molecule has 2 rings (SSSR count). The van der Waals surface area contributed by atoms with Gasteiger partial charge in [-0.1, -0.05) is 25.5 Å². The lowest BCUT2D eigenvalue weighted by Crippen LogP contribution is -1.85. The van der Waals surface area contributed by atoms with Crippen LogP contribution in [0, 0.1) is 18.3 Å². The quantitative estimate of drug-likeness (QED) is 0.759. The zero-order valence-electron chi connectivity index (χ0n) is 10.9. The highest BCUT2D eigenvalue weighted by molar-refractivity contribution is 7.15. The van der Waals surface area contributed by atoms with E-state index < -0.39 is 0 Å². The predicted octanol–water partition coefficient (Wildman–Crippen LogP) is 4.94. The van der Waals surface area contributed by atoms with Crippen LogP contribution >= 0.6 is 11.3 Å². The number of aryl methyl sites for hydroxylation is 2. The van der Waals surface area contributed by atoms with Gasteiger partial charge < -0.3 is 0 Å². The normalized spacial score (nSPS) is 10.3. The number of benzene rings is 1. The topological polar surface area (TPSA) is 23.8 Å². The van der Waals surface area contributed by atoms with Crippen LogP contribution in [-0.4, -0.2) is 0 Å². The van der Waals surface area contributed by atoms with Gasteiger partial charge in [-0.25, -0.2) is 0 Å². The van der Waals surface area contributed by atoms with Crippen LogP contribution < -0.4 is 0 Å². The van der Waals surface area contributed by atoms with Crippen molar-refractivity contribution in [3.8, 4) is 16.5 Å². The van der Waals surface area contributed by atoms with E-state index in [1.165, 1.54) is 28.2 Å². The summed E-state index contributed by atoms with van der Waals surface area (Å²) in [4.78, 5) is 2.63. The summed E-state index contributed by atoms with van der Waals surface area (Å²) in [5.74, 6) is 0. The Morgan fingerprint density at radius 1 is 1.22 bits per heavy atom. The van der Waals surface area contributed by atoms with Crippen LogP contribution in [0.15, 0.2) is 30.3 Å². The van der Waals surface area contributed by atoms with E-state index in [1.807, 2.05) is 23.5 Å². The Labute approximate surface area is 113 Å². The van der Waals surface area contributed by atoms with Crippen molar-refractivity contribution in [3.05, 3.63) is 46.3 Å². The number of nitrogens with zero attached hydrogens (tertiary/aromatic N) is 1. The number of unbranched alkanes of at least 4 members (excludes halogenated alkanes) is 1. The first-order valence-electron chi connectivity index (χ1n) is 6.35. The fraction of sp³-hybridized carbons (Fsp3) is 0.312. The molecule has 1 aromatic heterocycles. The van der Waals surface area contributed by atoms with Crippen molar-refractivity contribution in [2.45, 2.75) is 33.1 Å². The average Bonchev–Trinajstić information content (AvgIpc) is 2.84. The standard InChI is InChI=1S/C16H17NS/c1-3-4-8-14-9-10-15(18-14)16-12(2)6-5-7-13(16)11-17/h5-7,9-10H,3-4,8H2,1-2H3. The molecule has 1 heterocycles. The van der Waals surface area contributed by atoms with Gasteiger partial charge in [-0.15, -0.1) is 11.3 Å². The molecule has 0 N–H and O–H groups in total. The molecule has 0 aliphatic heterocycles. The van der Waals surface area contributed by atoms with Crippen LogP contribution in [0.5, 0.6) is 0 Å². The van der Waals surface area contributed by atoms with E-state index in [2.05, 4.69) is 38.1 Å². The van der Waals surface area contributed by atoms with Crippen LogP contribution in [0.25, 0.3) is 10.4 Å². The molecule has 2 aromatic rings. The molecule has 0 spiro atoms. The highest BCUT2D eigenvalue weighted by atomic mass is 32.1. The van der Waals surface area contributed by atoms with Gasteiger partial charge in [-0.05, 0) is 43.5 Å². The molecule has 0 atom stereocenters. The zero-order chi connectivity index (χ0) is 13.0. The first-order valence-corrected chi connectivity index (χ1v) is 7.16. The lowest BCUT2D eigenvalue weighted by molar-refractivity contribution is 0.804. The Kier molecular flexibility index (Phi) is 4.17. The van der Waals surface area contributed by atoms with Gasteiger partial charge >= 0.3 is 0 Å². The molecule has 0 saturated carbocycles. The lowest BCUT2D eigenvalue weighted by Gasteiger charge is -2.05. The molecule has 18 heavy (non-hydrogen) atoms. The molecular weight excluding hydrogens is 238 g/mol. The van der Waals surface area contributed by atoms with E-state index in [0.717, 1.165) is 17.5 Å². The third kappa shape index (κ3) is 2.63. The Morgan fingerprint density at radius 3 is 2.78 bits per heavy atom. The van der Waals surface area contributed by atoms with Gasteiger partial charge in [0.25, 0.3) is 0 Å². The van der Waals surface area contributed by atoms with E-state index >= 15 is 0 Å². The number of rotatable bonds is 4. The summed E-state index contributed by atoms with van der Waals surface area (Å²) in [6, 6.07) is 12.6. The van der Waals surface area contributed by atoms with Crippen LogP contribution in [-0.2, 0) is 6.42 Å². The molecule has 0 aliphatic rings. The number of hydrogen-bond acceptors (Lipinski definition) is 2. The van der Waals surface area contributed by atoms with Crippen LogP contribution in [0.2, 0.25) is 0 Å². The molecule has 0 bridgehead atoms. The maximum atomic E-state index is 9.21. The Morgan fingerprint density at radius 2 is 2.06 bits per heavy atom. The van der Waals surface area contributed by atoms with Crippen molar-refractivity contribution < 1.29 is 0 Å². The van der Waals surface area contributed by atoms with Crippen LogP contribution in [0.1, 0.15) is 35.8 Å². The van der Waals surface area contributed by atoms with E-state index in [4.69, 9.17) is 0 Å². The van der Waals surface area contributed by atoms with Gasteiger partial charge in [0.05, 0.1) is 11.6 Å². The molecule has 0 aliphatic carbocycles. The fourth-order valence-electron chi connectivity index (χ4n) is 2.09. The third-order valence-corrected chi connectivity index (χ3v) is 4.24. The predicted molar refractivity (Wildman–Crippen MR) is 77.8 cm³/mol. The minimum Gasteiger partial charge on any atom is -0.192 e. The summed E-state index contributed by atoms with van der Waals surface area (Å²) in [5.41, 5.74) is 3.06. The molecular formula is C16H17NS. The average molecular weight is 255 g/mol. The fourth-order valence-corrected chi connectivity index (χ4v) is 3.26. The summed E-state index contributed by atoms with van der Waals surface area (Å²) >= 11 is 1.82. The summed E-state index contributed by atoms with van der Waals surface area (Å²) < 4.78 is 0. The van der Waals surface area contributed by atoms with Crippen molar-refractivity contribution in [2.75, 3.05) is 0 Å². The maximum absolute atomic E-state index is 9.21. The molecule has 0 saturated heterocycles. The number of hydrogen-bond donors (Lipinski definition) is 0. The van der Waals surface area contributed by atoms with Crippen LogP contribution in [0.3, 0.4) is 0 Å². The molecule has 92 valence electrons. The Hall–Kier alpha value is -1.59. The zero-order valence-corrected chi connectivity index (χ0v) is 11.7. The van der Waals surface area contributed by atoms with Gasteiger partial charge in [0.2, 0.25) is 0 Å². The second kappa shape index (κ2) is 5.84. The molecule has 0 amide bonds. The van der Waals surface area contributed by atoms with Crippen LogP contribution in [0.4, 0.5) is 0 Å². The third-order valence-electron chi connectivity index (χ3n) is 3.08. The molecule has 1 nitrogen and oxygen atoms in total. The molecule has 2 heteroatoms. The smallest absolute Gasteiger partial charge is 0.0998 e. The van der Waals surface area contributed by atoms with Crippen molar-refractivity contribution in [3.63, 3.8) is 0 Å². The second-order valence-electron chi connectivity index (χ2n) is 4.48. The van der Waals surface area contributed by atoms with Gasteiger partial charge in [-0.2, -0.15) is 5.26 Å². The molecule has 0 radical (unpaired) electrons. The Bertz CT molecular complexity index is 575. The summed E-state index contributed by atoms with van der Waals surface area (Å²) in [7, 11) is 0. The summed E-state index contributed by atoms with van der Waals surface area (Å²) in [6.45, 7) is 4.28. The second-order valence-corrected chi connectivity index (χ2v) is 5.65. The summed E-state index contributed by atoms with van der Waals surface area (Å²) in [5, 5.41) is 9.21. The lowest BCUT2D eigenvalue weighted by atomic mass is 10.0. The highest BCUT2D eigenvalue weighted by Gasteiger charge is 2.10. The van der Waals surface area contributed by atoms with Gasteiger partial charge in [0.15, 0.2) is 0 Å². The van der Waals surface area contributed by atoms with Gasteiger partial charge in [0, 0.05) is 15.3 Å². The highest BCUT2D eigenvalue weighted by Crippen LogP contribution is 2.33. The van der Waals surface area contributed by atoms with Crippen molar-refractivity contribution in [2.24, 2.45) is 0 Å². The first-order chi connectivity index (χ1) is 8.76. The van der Waals surface area contributed by atoms with E-state index in [1.54, 1.807) is 0 Å². The SMILES string of the molecule is CCCCc1ccc(-c2c(C)cccc2C#N)s1. The number of thiophene rings is 1. The maximum Gasteiger partial charge on any atom is 0.0998 e. The largest absolute Gasteiger partial charge is 0.192 e. The molecule has 0 fully saturated rings. The van der Waals surface area contributed by atoms with Crippen molar-refractivity contribution in [1.82, 2.24) is 0 Å². The molecule has 1 aromatic carbocycles. The van der Waals surface area contributed by atoms with E-state index in [9.17, 15) is 5.26 Å². The van der Waals surface area contributed by atoms with Gasteiger partial charge in [0.1, 0.15) is 0 Å². The van der Waals surface area contributed by atoms with E-state index in [0.29, 0.717) is 0 Å².